The van der Waals surface area contributed by atoms with E-state index in [4.69, 9.17) is 0 Å². The van der Waals surface area contributed by atoms with Gasteiger partial charge in [-0.25, -0.2) is 0 Å². The molecule has 25 heavy (non-hydrogen) atoms. The van der Waals surface area contributed by atoms with Gasteiger partial charge in [0.25, 0.3) is 5.91 Å². The zero-order chi connectivity index (χ0) is 18.1. The number of carbonyl (C=O) groups is 2. The topological polar surface area (TPSA) is 73.0 Å². The molecule has 2 aromatic heterocycles. The molecule has 0 aromatic carbocycles. The van der Waals surface area contributed by atoms with Crippen molar-refractivity contribution in [3.63, 3.8) is 0 Å². The minimum atomic E-state index is -0.0578. The maximum atomic E-state index is 13.0. The molecule has 0 saturated carbocycles. The Hall–Kier alpha value is -2.44. The molecule has 1 amide bonds. The molecule has 1 aliphatic heterocycles. The van der Waals surface area contributed by atoms with Gasteiger partial charge < -0.3 is 4.90 Å². The summed E-state index contributed by atoms with van der Waals surface area (Å²) in [6.07, 6.45) is 5.42. The quantitative estimate of drug-likeness (QED) is 0.780. The normalized spacial score (nSPS) is 17.5. The highest BCUT2D eigenvalue weighted by Gasteiger charge is 2.33. The minimum Gasteiger partial charge on any atom is -0.334 e. The Labute approximate surface area is 147 Å². The van der Waals surface area contributed by atoms with Gasteiger partial charge in [-0.1, -0.05) is 13.8 Å². The lowest BCUT2D eigenvalue weighted by Gasteiger charge is -2.24. The van der Waals surface area contributed by atoms with Crippen molar-refractivity contribution < 1.29 is 9.59 Å². The lowest BCUT2D eigenvalue weighted by molar-refractivity contribution is 0.0707. The maximum Gasteiger partial charge on any atom is 0.272 e. The molecule has 3 heterocycles. The molecule has 0 N–H and O–H groups in total. The van der Waals surface area contributed by atoms with Gasteiger partial charge in [0.05, 0.1) is 17.5 Å². The highest BCUT2D eigenvalue weighted by atomic mass is 16.2. The van der Waals surface area contributed by atoms with Crippen molar-refractivity contribution in [1.29, 1.82) is 0 Å². The fourth-order valence-corrected chi connectivity index (χ4v) is 3.33. The second-order valence-electron chi connectivity index (χ2n) is 7.06. The van der Waals surface area contributed by atoms with Crippen LogP contribution in [0.1, 0.15) is 65.6 Å². The smallest absolute Gasteiger partial charge is 0.272 e. The van der Waals surface area contributed by atoms with Crippen LogP contribution < -0.4 is 0 Å². The summed E-state index contributed by atoms with van der Waals surface area (Å²) in [5.41, 5.74) is 2.10. The number of likely N-dealkylation sites (tertiary alicyclic amines) is 1. The first-order chi connectivity index (χ1) is 11.9. The van der Waals surface area contributed by atoms with E-state index in [1.165, 1.54) is 0 Å². The first-order valence-corrected chi connectivity index (χ1v) is 8.73. The van der Waals surface area contributed by atoms with Crippen LogP contribution in [0.5, 0.6) is 0 Å². The molecule has 1 unspecified atom stereocenters. The molecule has 0 spiro atoms. The first-order valence-electron chi connectivity index (χ1n) is 8.73. The van der Waals surface area contributed by atoms with Crippen LogP contribution in [-0.2, 0) is 14.1 Å². The highest BCUT2D eigenvalue weighted by molar-refractivity contribution is 5.97. The summed E-state index contributed by atoms with van der Waals surface area (Å²) in [7, 11) is 3.59. The highest BCUT2D eigenvalue weighted by Crippen LogP contribution is 2.25. The summed E-state index contributed by atoms with van der Waals surface area (Å²) < 4.78 is 3.27. The Morgan fingerprint density at radius 3 is 2.68 bits per heavy atom. The molecule has 2 aromatic rings. The van der Waals surface area contributed by atoms with Crippen molar-refractivity contribution in [1.82, 2.24) is 24.5 Å². The number of aromatic nitrogens is 4. The van der Waals surface area contributed by atoms with Crippen molar-refractivity contribution in [3.05, 3.63) is 35.4 Å². The fraction of sp³-hybridized carbons (Fsp3) is 0.556. The number of hydrogen-bond donors (Lipinski definition) is 0. The van der Waals surface area contributed by atoms with E-state index in [2.05, 4.69) is 24.0 Å². The lowest BCUT2D eigenvalue weighted by Crippen LogP contribution is -2.37. The number of carbonyl (C=O) groups excluding carboxylic acids is 2. The van der Waals surface area contributed by atoms with Crippen molar-refractivity contribution in [2.45, 2.75) is 45.1 Å². The van der Waals surface area contributed by atoms with Crippen LogP contribution in [0.4, 0.5) is 0 Å². The Balaban J connectivity index is 1.75. The molecule has 1 fully saturated rings. The Morgan fingerprint density at radius 1 is 1.32 bits per heavy atom. The SMILES string of the molecule is CC(C)c1cc(C(=O)N2CCCC2CC(=O)c2cnn(C)c2)n(C)n1. The summed E-state index contributed by atoms with van der Waals surface area (Å²) in [6, 6.07) is 1.81. The number of rotatable bonds is 5. The molecular formula is C18H25N5O2. The third-order valence-electron chi connectivity index (χ3n) is 4.80. The first kappa shape index (κ1) is 17.4. The van der Waals surface area contributed by atoms with Gasteiger partial charge in [-0.2, -0.15) is 10.2 Å². The Kier molecular flexibility index (Phi) is 4.74. The monoisotopic (exact) mass is 343 g/mol. The molecule has 0 radical (unpaired) electrons. The zero-order valence-electron chi connectivity index (χ0n) is 15.3. The summed E-state index contributed by atoms with van der Waals surface area (Å²) in [5, 5.41) is 8.48. The average Bonchev–Trinajstić information content (AvgIpc) is 3.26. The number of ketones is 1. The molecule has 0 bridgehead atoms. The molecule has 3 rings (SSSR count). The van der Waals surface area contributed by atoms with E-state index < -0.39 is 0 Å². The maximum absolute atomic E-state index is 13.0. The van der Waals surface area contributed by atoms with Crippen LogP contribution in [0.15, 0.2) is 18.5 Å². The van der Waals surface area contributed by atoms with Gasteiger partial charge in [-0.3, -0.25) is 19.0 Å². The van der Waals surface area contributed by atoms with Gasteiger partial charge in [0, 0.05) is 39.3 Å². The van der Waals surface area contributed by atoms with Gasteiger partial charge in [-0.05, 0) is 24.8 Å². The number of nitrogens with zero attached hydrogens (tertiary/aromatic N) is 5. The fourth-order valence-electron chi connectivity index (χ4n) is 3.33. The predicted molar refractivity (Wildman–Crippen MR) is 93.5 cm³/mol. The molecular weight excluding hydrogens is 318 g/mol. The largest absolute Gasteiger partial charge is 0.334 e. The predicted octanol–water partition coefficient (Wildman–Crippen LogP) is 2.15. The van der Waals surface area contributed by atoms with Crippen LogP contribution in [-0.4, -0.2) is 48.7 Å². The third kappa shape index (κ3) is 3.50. The average molecular weight is 343 g/mol. The Morgan fingerprint density at radius 2 is 2.08 bits per heavy atom. The van der Waals surface area contributed by atoms with Crippen LogP contribution in [0.25, 0.3) is 0 Å². The van der Waals surface area contributed by atoms with Gasteiger partial charge in [0.2, 0.25) is 0 Å². The van der Waals surface area contributed by atoms with Crippen molar-refractivity contribution >= 4 is 11.7 Å². The molecule has 1 aliphatic rings. The van der Waals surface area contributed by atoms with Gasteiger partial charge in [0.1, 0.15) is 5.69 Å². The van der Waals surface area contributed by atoms with Crippen molar-refractivity contribution in [2.24, 2.45) is 14.1 Å². The van der Waals surface area contributed by atoms with Crippen molar-refractivity contribution in [3.8, 4) is 0 Å². The summed E-state index contributed by atoms with van der Waals surface area (Å²) >= 11 is 0. The van der Waals surface area contributed by atoms with Crippen LogP contribution >= 0.6 is 0 Å². The standard InChI is InChI=1S/C18H25N5O2/c1-12(2)15-9-16(22(4)20-15)18(25)23-7-5-6-14(23)8-17(24)13-10-19-21(3)11-13/h9-12,14H,5-8H2,1-4H3. The van der Waals surface area contributed by atoms with Crippen LogP contribution in [0.2, 0.25) is 0 Å². The lowest BCUT2D eigenvalue weighted by atomic mass is 10.0. The molecule has 1 saturated heterocycles. The van der Waals surface area contributed by atoms with E-state index in [0.717, 1.165) is 18.5 Å². The zero-order valence-corrected chi connectivity index (χ0v) is 15.3. The van der Waals surface area contributed by atoms with Crippen LogP contribution in [0.3, 0.4) is 0 Å². The molecule has 7 heteroatoms. The van der Waals surface area contributed by atoms with Gasteiger partial charge >= 0.3 is 0 Å². The second-order valence-corrected chi connectivity index (χ2v) is 7.06. The number of hydrogen-bond acceptors (Lipinski definition) is 4. The summed E-state index contributed by atoms with van der Waals surface area (Å²) in [4.78, 5) is 27.3. The van der Waals surface area contributed by atoms with Gasteiger partial charge in [0.15, 0.2) is 5.78 Å². The Bertz CT molecular complexity index is 789. The van der Waals surface area contributed by atoms with E-state index in [1.54, 1.807) is 35.9 Å². The third-order valence-corrected chi connectivity index (χ3v) is 4.80. The minimum absolute atomic E-state index is 0.0330. The van der Waals surface area contributed by atoms with E-state index in [9.17, 15) is 9.59 Å². The number of amides is 1. The van der Waals surface area contributed by atoms with E-state index in [0.29, 0.717) is 24.2 Å². The van der Waals surface area contributed by atoms with Crippen LogP contribution in [0, 0.1) is 0 Å². The molecule has 134 valence electrons. The molecule has 1 atom stereocenters. The van der Waals surface area contributed by atoms with E-state index >= 15 is 0 Å². The summed E-state index contributed by atoms with van der Waals surface area (Å²) in [6.45, 7) is 4.80. The van der Waals surface area contributed by atoms with Crippen molar-refractivity contribution in [2.75, 3.05) is 6.54 Å². The van der Waals surface area contributed by atoms with Gasteiger partial charge in [-0.15, -0.1) is 0 Å². The second kappa shape index (κ2) is 6.82. The molecule has 7 nitrogen and oxygen atoms in total. The van der Waals surface area contributed by atoms with E-state index in [1.807, 2.05) is 11.0 Å². The molecule has 0 aliphatic carbocycles. The number of Topliss-reactive ketones (excluding diaryl/α,β-unsaturated/α-hetero) is 1. The van der Waals surface area contributed by atoms with E-state index in [-0.39, 0.29) is 23.7 Å². The summed E-state index contributed by atoms with van der Waals surface area (Å²) in [5.74, 6) is 0.267. The number of aryl methyl sites for hydroxylation is 2.